The molecule has 0 atom stereocenters. The number of carbonyl (C=O) groups excluding carboxylic acids is 2. The molecule has 0 radical (unpaired) electrons. The number of methoxy groups -OCH3 is 1. The first-order chi connectivity index (χ1) is 11.4. The Morgan fingerprint density at radius 3 is 2.58 bits per heavy atom. The molecule has 0 spiro atoms. The van der Waals surface area contributed by atoms with Crippen LogP contribution in [0.25, 0.3) is 6.08 Å². The number of aryl methyl sites for hydroxylation is 1. The quantitative estimate of drug-likeness (QED) is 0.611. The second-order valence-corrected chi connectivity index (χ2v) is 5.69. The van der Waals surface area contributed by atoms with Crippen LogP contribution >= 0.6 is 11.6 Å². The minimum atomic E-state index is -0.459. The Balaban J connectivity index is 2.01. The van der Waals surface area contributed by atoms with Gasteiger partial charge < -0.3 is 14.1 Å². The summed E-state index contributed by atoms with van der Waals surface area (Å²) in [4.78, 5) is 25.2. The molecule has 1 amide bonds. The van der Waals surface area contributed by atoms with Crippen molar-refractivity contribution in [1.29, 1.82) is 0 Å². The summed E-state index contributed by atoms with van der Waals surface area (Å²) in [5, 5.41) is 0.644. The largest absolute Gasteiger partial charge is 0.465 e. The monoisotopic (exact) mass is 347 g/mol. The Bertz CT molecular complexity index is 762. The van der Waals surface area contributed by atoms with Crippen molar-refractivity contribution in [1.82, 2.24) is 4.90 Å². The molecule has 0 aliphatic heterocycles. The van der Waals surface area contributed by atoms with Crippen LogP contribution in [0.15, 0.2) is 40.8 Å². The fourth-order valence-electron chi connectivity index (χ4n) is 2.11. The highest BCUT2D eigenvalue weighted by Crippen LogP contribution is 2.17. The number of ether oxygens (including phenoxy) is 1. The predicted molar refractivity (Wildman–Crippen MR) is 91.7 cm³/mol. The topological polar surface area (TPSA) is 59.8 Å². The average molecular weight is 348 g/mol. The predicted octanol–water partition coefficient (Wildman–Crippen LogP) is 3.70. The molecular formula is C18H18ClNO4. The molecule has 1 aromatic carbocycles. The number of carbonyl (C=O) groups is 2. The van der Waals surface area contributed by atoms with Gasteiger partial charge in [0.05, 0.1) is 13.7 Å². The lowest BCUT2D eigenvalue weighted by Gasteiger charge is -2.13. The standard InChI is InChI=1S/C18H18ClNO4/c1-12-16(18(22)23-3)10-15(24-12)11-20(2)17(21)9-6-13-4-7-14(19)8-5-13/h4-10H,11H2,1-3H3/b9-6+. The normalized spacial score (nSPS) is 10.8. The van der Waals surface area contributed by atoms with Gasteiger partial charge in [-0.3, -0.25) is 4.79 Å². The van der Waals surface area contributed by atoms with E-state index in [9.17, 15) is 9.59 Å². The van der Waals surface area contributed by atoms with Crippen molar-refractivity contribution in [2.45, 2.75) is 13.5 Å². The van der Waals surface area contributed by atoms with Gasteiger partial charge in [-0.1, -0.05) is 23.7 Å². The van der Waals surface area contributed by atoms with Gasteiger partial charge in [0, 0.05) is 18.1 Å². The summed E-state index contributed by atoms with van der Waals surface area (Å²) in [5.41, 5.74) is 1.24. The molecule has 0 bridgehead atoms. The highest BCUT2D eigenvalue weighted by Gasteiger charge is 2.17. The van der Waals surface area contributed by atoms with Crippen LogP contribution in [0.1, 0.15) is 27.4 Å². The van der Waals surface area contributed by atoms with Crippen molar-refractivity contribution in [2.24, 2.45) is 0 Å². The van der Waals surface area contributed by atoms with Crippen LogP contribution in [0.3, 0.4) is 0 Å². The van der Waals surface area contributed by atoms with E-state index in [0.717, 1.165) is 5.56 Å². The number of furan rings is 1. The molecule has 2 rings (SSSR count). The second kappa shape index (κ2) is 7.84. The number of hydrogen-bond acceptors (Lipinski definition) is 4. The van der Waals surface area contributed by atoms with E-state index in [1.807, 2.05) is 12.1 Å². The number of esters is 1. The Labute approximate surface area is 145 Å². The van der Waals surface area contributed by atoms with Gasteiger partial charge in [-0.05, 0) is 36.8 Å². The Morgan fingerprint density at radius 2 is 1.96 bits per heavy atom. The number of hydrogen-bond donors (Lipinski definition) is 0. The molecule has 6 heteroatoms. The fourth-order valence-corrected chi connectivity index (χ4v) is 2.24. The van der Waals surface area contributed by atoms with Crippen molar-refractivity contribution in [2.75, 3.05) is 14.2 Å². The maximum absolute atomic E-state index is 12.1. The van der Waals surface area contributed by atoms with Crippen LogP contribution in [0, 0.1) is 6.92 Å². The maximum Gasteiger partial charge on any atom is 0.341 e. The van der Waals surface area contributed by atoms with Gasteiger partial charge in [0.1, 0.15) is 17.1 Å². The first-order valence-electron chi connectivity index (χ1n) is 7.27. The molecule has 0 aliphatic rings. The summed E-state index contributed by atoms with van der Waals surface area (Å²) in [6, 6.07) is 8.76. The Kier molecular flexibility index (Phi) is 5.82. The van der Waals surface area contributed by atoms with Crippen molar-refractivity contribution < 1.29 is 18.7 Å². The molecule has 2 aromatic rings. The van der Waals surface area contributed by atoms with Crippen LogP contribution in [0.5, 0.6) is 0 Å². The van der Waals surface area contributed by atoms with Crippen LogP contribution in [0.4, 0.5) is 0 Å². The van der Waals surface area contributed by atoms with E-state index in [2.05, 4.69) is 4.74 Å². The molecule has 1 heterocycles. The summed E-state index contributed by atoms with van der Waals surface area (Å²) in [6.07, 6.45) is 3.18. The molecule has 5 nitrogen and oxygen atoms in total. The molecule has 0 aliphatic carbocycles. The Hall–Kier alpha value is -2.53. The molecule has 126 valence electrons. The van der Waals surface area contributed by atoms with Gasteiger partial charge >= 0.3 is 5.97 Å². The number of halogens is 1. The molecule has 0 saturated heterocycles. The van der Waals surface area contributed by atoms with Crippen molar-refractivity contribution in [3.8, 4) is 0 Å². The third-order valence-electron chi connectivity index (χ3n) is 3.43. The minimum Gasteiger partial charge on any atom is -0.465 e. The maximum atomic E-state index is 12.1. The lowest BCUT2D eigenvalue weighted by atomic mass is 10.2. The molecule has 24 heavy (non-hydrogen) atoms. The average Bonchev–Trinajstić information content (AvgIpc) is 2.93. The summed E-state index contributed by atoms with van der Waals surface area (Å²) < 4.78 is 10.2. The van der Waals surface area contributed by atoms with E-state index in [0.29, 0.717) is 22.1 Å². The SMILES string of the molecule is COC(=O)c1cc(CN(C)C(=O)/C=C/c2ccc(Cl)cc2)oc1C. The lowest BCUT2D eigenvalue weighted by Crippen LogP contribution is -2.23. The van der Waals surface area contributed by atoms with Gasteiger partial charge in [-0.15, -0.1) is 0 Å². The zero-order chi connectivity index (χ0) is 17.7. The lowest BCUT2D eigenvalue weighted by molar-refractivity contribution is -0.125. The number of benzene rings is 1. The molecule has 0 fully saturated rings. The molecular weight excluding hydrogens is 330 g/mol. The summed E-state index contributed by atoms with van der Waals surface area (Å²) in [5.74, 6) is 0.343. The minimum absolute atomic E-state index is 0.182. The van der Waals surface area contributed by atoms with Crippen molar-refractivity contribution >= 4 is 29.6 Å². The van der Waals surface area contributed by atoms with Gasteiger partial charge in [0.25, 0.3) is 0 Å². The van der Waals surface area contributed by atoms with Gasteiger partial charge in [-0.25, -0.2) is 4.79 Å². The van der Waals surface area contributed by atoms with E-state index in [1.54, 1.807) is 38.2 Å². The van der Waals surface area contributed by atoms with Gasteiger partial charge in [0.2, 0.25) is 5.91 Å². The van der Waals surface area contributed by atoms with Gasteiger partial charge in [-0.2, -0.15) is 0 Å². The van der Waals surface area contributed by atoms with Crippen molar-refractivity contribution in [3.63, 3.8) is 0 Å². The number of nitrogens with zero attached hydrogens (tertiary/aromatic N) is 1. The van der Waals surface area contributed by atoms with Crippen LogP contribution in [-0.2, 0) is 16.1 Å². The van der Waals surface area contributed by atoms with Crippen LogP contribution in [0.2, 0.25) is 5.02 Å². The van der Waals surface area contributed by atoms with Crippen LogP contribution < -0.4 is 0 Å². The molecule has 1 aromatic heterocycles. The zero-order valence-electron chi connectivity index (χ0n) is 13.7. The fraction of sp³-hybridized carbons (Fsp3) is 0.222. The van der Waals surface area contributed by atoms with E-state index in [1.165, 1.54) is 18.1 Å². The van der Waals surface area contributed by atoms with E-state index in [4.69, 9.17) is 16.0 Å². The van der Waals surface area contributed by atoms with Crippen LogP contribution in [-0.4, -0.2) is 30.9 Å². The highest BCUT2D eigenvalue weighted by atomic mass is 35.5. The molecule has 0 unspecified atom stereocenters. The first kappa shape index (κ1) is 17.8. The molecule has 0 saturated carbocycles. The third kappa shape index (κ3) is 4.49. The van der Waals surface area contributed by atoms with E-state index < -0.39 is 5.97 Å². The second-order valence-electron chi connectivity index (χ2n) is 5.25. The molecule has 0 N–H and O–H groups in total. The summed E-state index contributed by atoms with van der Waals surface area (Å²) in [6.45, 7) is 1.93. The number of rotatable bonds is 5. The number of amides is 1. The zero-order valence-corrected chi connectivity index (χ0v) is 14.5. The van der Waals surface area contributed by atoms with E-state index in [-0.39, 0.29) is 12.5 Å². The summed E-state index contributed by atoms with van der Waals surface area (Å²) >= 11 is 5.82. The smallest absolute Gasteiger partial charge is 0.341 e. The first-order valence-corrected chi connectivity index (χ1v) is 7.65. The number of likely N-dealkylation sites (N-methyl/N-ethyl adjacent to an activating group) is 1. The highest BCUT2D eigenvalue weighted by molar-refractivity contribution is 6.30. The van der Waals surface area contributed by atoms with E-state index >= 15 is 0 Å². The Morgan fingerprint density at radius 1 is 1.29 bits per heavy atom. The van der Waals surface area contributed by atoms with Gasteiger partial charge in [0.15, 0.2) is 0 Å². The van der Waals surface area contributed by atoms with Crippen molar-refractivity contribution in [3.05, 3.63) is 64.1 Å². The summed E-state index contributed by atoms with van der Waals surface area (Å²) in [7, 11) is 2.97. The third-order valence-corrected chi connectivity index (χ3v) is 3.68.